The van der Waals surface area contributed by atoms with Gasteiger partial charge in [-0.3, -0.25) is 4.68 Å². The summed E-state index contributed by atoms with van der Waals surface area (Å²) in [6.07, 6.45) is 1.72. The molecule has 0 fully saturated rings. The van der Waals surface area contributed by atoms with E-state index in [1.165, 1.54) is 9.13 Å². The van der Waals surface area contributed by atoms with Crippen molar-refractivity contribution in [1.29, 1.82) is 0 Å². The summed E-state index contributed by atoms with van der Waals surface area (Å²) < 4.78 is 3.20. The van der Waals surface area contributed by atoms with Crippen molar-refractivity contribution in [3.63, 3.8) is 0 Å². The van der Waals surface area contributed by atoms with Gasteiger partial charge in [-0.2, -0.15) is 5.10 Å². The Morgan fingerprint density at radius 3 is 2.42 bits per heavy atom. The maximum atomic E-state index is 6.32. The van der Waals surface area contributed by atoms with Crippen LogP contribution in [-0.2, 0) is 0 Å². The molecule has 0 radical (unpaired) electrons. The van der Waals surface area contributed by atoms with Gasteiger partial charge in [0.15, 0.2) is 0 Å². The first-order valence-corrected chi connectivity index (χ1v) is 7.66. The molecule has 0 saturated heterocycles. The fourth-order valence-corrected chi connectivity index (χ4v) is 2.75. The van der Waals surface area contributed by atoms with Crippen LogP contribution in [-0.4, -0.2) is 16.8 Å². The fraction of sp³-hybridized carbons (Fsp3) is 0.357. The number of rotatable bonds is 4. The number of hydrogen-bond donors (Lipinski definition) is 1. The standard InChI is InChI=1S/C14H17ClIN3/c1-9(2)19-14(12(15)8-18-19)13(17-3)10-4-6-11(16)7-5-10/h4-9,13,17H,1-3H3. The second-order valence-electron chi connectivity index (χ2n) is 4.69. The molecule has 0 aliphatic carbocycles. The lowest BCUT2D eigenvalue weighted by Gasteiger charge is -2.21. The number of halogens is 2. The predicted octanol–water partition coefficient (Wildman–Crippen LogP) is 4.03. The van der Waals surface area contributed by atoms with E-state index in [1.54, 1.807) is 6.20 Å². The molecule has 0 spiro atoms. The third-order valence-corrected chi connectivity index (χ3v) is 4.05. The molecule has 3 nitrogen and oxygen atoms in total. The van der Waals surface area contributed by atoms with Gasteiger partial charge in [-0.05, 0) is 61.2 Å². The first-order valence-electron chi connectivity index (χ1n) is 6.20. The number of nitrogens with one attached hydrogen (secondary N) is 1. The van der Waals surface area contributed by atoms with Crippen LogP contribution in [0.5, 0.6) is 0 Å². The number of benzene rings is 1. The second-order valence-corrected chi connectivity index (χ2v) is 6.34. The third kappa shape index (κ3) is 3.12. The number of aromatic nitrogens is 2. The van der Waals surface area contributed by atoms with Crippen molar-refractivity contribution in [1.82, 2.24) is 15.1 Å². The normalized spacial score (nSPS) is 12.9. The highest BCUT2D eigenvalue weighted by Crippen LogP contribution is 2.30. The molecule has 1 N–H and O–H groups in total. The van der Waals surface area contributed by atoms with Gasteiger partial charge in [-0.1, -0.05) is 23.7 Å². The van der Waals surface area contributed by atoms with Crippen molar-refractivity contribution in [2.45, 2.75) is 25.9 Å². The van der Waals surface area contributed by atoms with Crippen molar-refractivity contribution < 1.29 is 0 Å². The molecule has 19 heavy (non-hydrogen) atoms. The van der Waals surface area contributed by atoms with Crippen molar-refractivity contribution in [2.75, 3.05) is 7.05 Å². The lowest BCUT2D eigenvalue weighted by Crippen LogP contribution is -2.22. The van der Waals surface area contributed by atoms with Gasteiger partial charge in [0, 0.05) is 9.61 Å². The largest absolute Gasteiger partial charge is 0.308 e. The van der Waals surface area contributed by atoms with Gasteiger partial charge in [-0.15, -0.1) is 0 Å². The van der Waals surface area contributed by atoms with Crippen molar-refractivity contribution in [2.24, 2.45) is 0 Å². The molecule has 1 atom stereocenters. The molecule has 1 heterocycles. The Morgan fingerprint density at radius 1 is 1.26 bits per heavy atom. The monoisotopic (exact) mass is 389 g/mol. The highest BCUT2D eigenvalue weighted by atomic mass is 127. The van der Waals surface area contributed by atoms with E-state index in [4.69, 9.17) is 11.6 Å². The molecule has 5 heteroatoms. The van der Waals surface area contributed by atoms with Gasteiger partial charge in [0.1, 0.15) is 0 Å². The Hall–Kier alpha value is -0.590. The van der Waals surface area contributed by atoms with Gasteiger partial charge in [0.2, 0.25) is 0 Å². The lowest BCUT2D eigenvalue weighted by molar-refractivity contribution is 0.484. The SMILES string of the molecule is CNC(c1ccc(I)cc1)c1c(Cl)cnn1C(C)C. The number of hydrogen-bond acceptors (Lipinski definition) is 2. The van der Waals surface area contributed by atoms with E-state index in [0.717, 1.165) is 5.69 Å². The topological polar surface area (TPSA) is 29.9 Å². The maximum absolute atomic E-state index is 6.32. The molecule has 2 aromatic rings. The zero-order chi connectivity index (χ0) is 14.0. The lowest BCUT2D eigenvalue weighted by atomic mass is 10.0. The van der Waals surface area contributed by atoms with Crippen LogP contribution in [0.2, 0.25) is 5.02 Å². The highest BCUT2D eigenvalue weighted by Gasteiger charge is 2.21. The van der Waals surface area contributed by atoms with Crippen molar-refractivity contribution >= 4 is 34.2 Å². The Labute approximate surface area is 132 Å². The Morgan fingerprint density at radius 2 is 1.89 bits per heavy atom. The molecule has 1 aromatic carbocycles. The fourth-order valence-electron chi connectivity index (χ4n) is 2.15. The molecular formula is C14H17ClIN3. The van der Waals surface area contributed by atoms with E-state index < -0.39 is 0 Å². The molecule has 0 saturated carbocycles. The van der Waals surface area contributed by atoms with Crippen molar-refractivity contribution in [3.05, 3.63) is 50.3 Å². The molecule has 102 valence electrons. The van der Waals surface area contributed by atoms with E-state index in [9.17, 15) is 0 Å². The summed E-state index contributed by atoms with van der Waals surface area (Å²) in [5.74, 6) is 0. The highest BCUT2D eigenvalue weighted by molar-refractivity contribution is 14.1. The smallest absolute Gasteiger partial charge is 0.0837 e. The molecule has 2 rings (SSSR count). The van der Waals surface area contributed by atoms with Gasteiger partial charge >= 0.3 is 0 Å². The summed E-state index contributed by atoms with van der Waals surface area (Å²) in [4.78, 5) is 0. The van der Waals surface area contributed by atoms with Gasteiger partial charge < -0.3 is 5.32 Å². The third-order valence-electron chi connectivity index (χ3n) is 3.04. The summed E-state index contributed by atoms with van der Waals surface area (Å²) in [6.45, 7) is 4.21. The first kappa shape index (κ1) is 14.8. The van der Waals surface area contributed by atoms with Gasteiger partial charge in [0.25, 0.3) is 0 Å². The summed E-state index contributed by atoms with van der Waals surface area (Å²) in [7, 11) is 1.94. The van der Waals surface area contributed by atoms with Gasteiger partial charge in [-0.25, -0.2) is 0 Å². The minimum Gasteiger partial charge on any atom is -0.308 e. The van der Waals surface area contributed by atoms with Crippen LogP contribution in [0, 0.1) is 3.57 Å². The predicted molar refractivity (Wildman–Crippen MR) is 87.7 cm³/mol. The summed E-state index contributed by atoms with van der Waals surface area (Å²) in [6, 6.07) is 8.78. The Balaban J connectivity index is 2.47. The van der Waals surface area contributed by atoms with Crippen LogP contribution in [0.4, 0.5) is 0 Å². The Bertz CT molecular complexity index is 548. The van der Waals surface area contributed by atoms with E-state index in [-0.39, 0.29) is 12.1 Å². The summed E-state index contributed by atoms with van der Waals surface area (Å²) in [5, 5.41) is 8.40. The van der Waals surface area contributed by atoms with Crippen LogP contribution in [0.3, 0.4) is 0 Å². The average Bonchev–Trinajstić information content (AvgIpc) is 2.75. The van der Waals surface area contributed by atoms with Gasteiger partial charge in [0.05, 0.1) is 23.0 Å². The maximum Gasteiger partial charge on any atom is 0.0837 e. The van der Waals surface area contributed by atoms with E-state index in [1.807, 2.05) is 11.7 Å². The van der Waals surface area contributed by atoms with Crippen LogP contribution >= 0.6 is 34.2 Å². The first-order chi connectivity index (χ1) is 9.04. The van der Waals surface area contributed by atoms with Crippen LogP contribution < -0.4 is 5.32 Å². The zero-order valence-corrected chi connectivity index (χ0v) is 14.1. The minimum atomic E-state index is 0.0504. The van der Waals surface area contributed by atoms with E-state index in [0.29, 0.717) is 5.02 Å². The summed E-state index contributed by atoms with van der Waals surface area (Å²) >= 11 is 8.62. The quantitative estimate of drug-likeness (QED) is 0.800. The van der Waals surface area contributed by atoms with Crippen LogP contribution in [0.15, 0.2) is 30.5 Å². The molecule has 0 aliphatic rings. The molecule has 1 unspecified atom stereocenters. The second kappa shape index (κ2) is 6.24. The molecule has 1 aromatic heterocycles. The molecular weight excluding hydrogens is 373 g/mol. The van der Waals surface area contributed by atoms with Crippen LogP contribution in [0.1, 0.15) is 37.2 Å². The van der Waals surface area contributed by atoms with Crippen LogP contribution in [0.25, 0.3) is 0 Å². The minimum absolute atomic E-state index is 0.0504. The molecule has 0 amide bonds. The van der Waals surface area contributed by atoms with E-state index >= 15 is 0 Å². The average molecular weight is 390 g/mol. The Kier molecular flexibility index (Phi) is 4.86. The zero-order valence-electron chi connectivity index (χ0n) is 11.2. The molecule has 0 aliphatic heterocycles. The summed E-state index contributed by atoms with van der Waals surface area (Å²) in [5.41, 5.74) is 2.20. The number of nitrogens with zero attached hydrogens (tertiary/aromatic N) is 2. The molecule has 0 bridgehead atoms. The van der Waals surface area contributed by atoms with Crippen molar-refractivity contribution in [3.8, 4) is 0 Å². The van der Waals surface area contributed by atoms with E-state index in [2.05, 4.69) is 71.1 Å².